The Morgan fingerprint density at radius 2 is 2.06 bits per heavy atom. The Balaban J connectivity index is 1.76. The van der Waals surface area contributed by atoms with Gasteiger partial charge in [0.1, 0.15) is 11.8 Å². The predicted octanol–water partition coefficient (Wildman–Crippen LogP) is 2.57. The summed E-state index contributed by atoms with van der Waals surface area (Å²) in [6.45, 7) is 2.91. The van der Waals surface area contributed by atoms with Gasteiger partial charge in [0.05, 0.1) is 6.10 Å². The molecular formula is C14H18N2O2. The lowest BCUT2D eigenvalue weighted by molar-refractivity contribution is 0.00299. The predicted molar refractivity (Wildman–Crippen MR) is 69.6 cm³/mol. The van der Waals surface area contributed by atoms with Crippen LogP contribution < -0.4 is 10.1 Å². The second-order valence-corrected chi connectivity index (χ2v) is 4.36. The van der Waals surface area contributed by atoms with Gasteiger partial charge in [0, 0.05) is 18.3 Å². The van der Waals surface area contributed by atoms with E-state index >= 15 is 0 Å². The van der Waals surface area contributed by atoms with Gasteiger partial charge in [0.15, 0.2) is 6.61 Å². The molecule has 18 heavy (non-hydrogen) atoms. The number of ether oxygens (including phenoxy) is 2. The van der Waals surface area contributed by atoms with E-state index in [9.17, 15) is 0 Å². The van der Waals surface area contributed by atoms with Crippen LogP contribution in [0.15, 0.2) is 24.3 Å². The minimum atomic E-state index is 0.0887. The molecule has 1 aromatic carbocycles. The molecule has 0 bridgehead atoms. The number of benzene rings is 1. The summed E-state index contributed by atoms with van der Waals surface area (Å²) in [6.07, 6.45) is 2.56. The van der Waals surface area contributed by atoms with Gasteiger partial charge < -0.3 is 14.8 Å². The van der Waals surface area contributed by atoms with Crippen molar-refractivity contribution in [3.05, 3.63) is 24.3 Å². The van der Waals surface area contributed by atoms with E-state index in [2.05, 4.69) is 5.32 Å². The molecule has 0 aliphatic heterocycles. The summed E-state index contributed by atoms with van der Waals surface area (Å²) in [6, 6.07) is 10.1. The van der Waals surface area contributed by atoms with Crippen LogP contribution in [0.4, 0.5) is 5.69 Å². The molecule has 1 aromatic rings. The van der Waals surface area contributed by atoms with Crippen molar-refractivity contribution < 1.29 is 9.47 Å². The number of nitriles is 1. The Labute approximate surface area is 108 Å². The number of hydrogen-bond donors (Lipinski definition) is 1. The molecule has 1 aliphatic carbocycles. The molecule has 0 spiro atoms. The smallest absolute Gasteiger partial charge is 0.174 e. The molecule has 1 N–H and O–H groups in total. The SMILES string of the molecule is CCOC1CC(Nc2ccc(OCC#N)cc2)C1. The molecule has 1 saturated carbocycles. The van der Waals surface area contributed by atoms with E-state index in [0.717, 1.165) is 30.9 Å². The first-order valence-corrected chi connectivity index (χ1v) is 6.29. The van der Waals surface area contributed by atoms with Crippen molar-refractivity contribution in [2.75, 3.05) is 18.5 Å². The van der Waals surface area contributed by atoms with E-state index in [-0.39, 0.29) is 6.61 Å². The fourth-order valence-electron chi connectivity index (χ4n) is 2.05. The molecular weight excluding hydrogens is 228 g/mol. The van der Waals surface area contributed by atoms with Gasteiger partial charge in [-0.1, -0.05) is 0 Å². The summed E-state index contributed by atoms with van der Waals surface area (Å²) in [5.74, 6) is 0.725. The zero-order valence-corrected chi connectivity index (χ0v) is 10.6. The lowest BCUT2D eigenvalue weighted by atomic mass is 9.89. The molecule has 4 heteroatoms. The van der Waals surface area contributed by atoms with Crippen LogP contribution in [0.25, 0.3) is 0 Å². The minimum absolute atomic E-state index is 0.0887. The highest BCUT2D eigenvalue weighted by molar-refractivity contribution is 5.47. The second kappa shape index (κ2) is 6.27. The normalized spacial score (nSPS) is 21.8. The molecule has 96 valence electrons. The van der Waals surface area contributed by atoms with Gasteiger partial charge in [0.25, 0.3) is 0 Å². The maximum Gasteiger partial charge on any atom is 0.174 e. The van der Waals surface area contributed by atoms with Crippen LogP contribution >= 0.6 is 0 Å². The molecule has 0 atom stereocenters. The van der Waals surface area contributed by atoms with E-state index in [1.807, 2.05) is 37.3 Å². The first kappa shape index (κ1) is 12.7. The largest absolute Gasteiger partial charge is 0.479 e. The van der Waals surface area contributed by atoms with Crippen molar-refractivity contribution in [3.63, 3.8) is 0 Å². The molecule has 0 saturated heterocycles. The summed E-state index contributed by atoms with van der Waals surface area (Å²) in [4.78, 5) is 0. The van der Waals surface area contributed by atoms with Crippen molar-refractivity contribution in [2.24, 2.45) is 0 Å². The van der Waals surface area contributed by atoms with Gasteiger partial charge in [-0.2, -0.15) is 5.26 Å². The molecule has 4 nitrogen and oxygen atoms in total. The van der Waals surface area contributed by atoms with Gasteiger partial charge in [-0.15, -0.1) is 0 Å². The molecule has 0 aromatic heterocycles. The van der Waals surface area contributed by atoms with Crippen molar-refractivity contribution >= 4 is 5.69 Å². The zero-order valence-electron chi connectivity index (χ0n) is 10.6. The summed E-state index contributed by atoms with van der Waals surface area (Å²) in [5.41, 5.74) is 1.08. The molecule has 0 amide bonds. The van der Waals surface area contributed by atoms with E-state index in [1.54, 1.807) is 0 Å². The molecule has 0 unspecified atom stereocenters. The Bertz CT molecular complexity index is 405. The van der Waals surface area contributed by atoms with Crippen LogP contribution in [0.3, 0.4) is 0 Å². The second-order valence-electron chi connectivity index (χ2n) is 4.36. The number of nitrogens with one attached hydrogen (secondary N) is 1. The third-order valence-electron chi connectivity index (χ3n) is 3.03. The van der Waals surface area contributed by atoms with Crippen LogP contribution in [-0.4, -0.2) is 25.4 Å². The third-order valence-corrected chi connectivity index (χ3v) is 3.03. The summed E-state index contributed by atoms with van der Waals surface area (Å²) in [5, 5.41) is 11.9. The summed E-state index contributed by atoms with van der Waals surface area (Å²) in [7, 11) is 0. The van der Waals surface area contributed by atoms with E-state index in [1.165, 1.54) is 0 Å². The minimum Gasteiger partial charge on any atom is -0.479 e. The average Bonchev–Trinajstić information content (AvgIpc) is 2.35. The monoisotopic (exact) mass is 246 g/mol. The van der Waals surface area contributed by atoms with Crippen molar-refractivity contribution in [3.8, 4) is 11.8 Å². The van der Waals surface area contributed by atoms with Crippen LogP contribution in [0, 0.1) is 11.3 Å². The quantitative estimate of drug-likeness (QED) is 0.838. The highest BCUT2D eigenvalue weighted by Crippen LogP contribution is 2.27. The van der Waals surface area contributed by atoms with E-state index in [0.29, 0.717) is 12.1 Å². The van der Waals surface area contributed by atoms with Crippen molar-refractivity contribution in [1.82, 2.24) is 0 Å². The molecule has 1 fully saturated rings. The highest BCUT2D eigenvalue weighted by Gasteiger charge is 2.29. The summed E-state index contributed by atoms with van der Waals surface area (Å²) < 4.78 is 10.7. The molecule has 0 radical (unpaired) electrons. The first-order valence-electron chi connectivity index (χ1n) is 6.29. The Morgan fingerprint density at radius 1 is 1.33 bits per heavy atom. The number of hydrogen-bond acceptors (Lipinski definition) is 4. The van der Waals surface area contributed by atoms with Crippen LogP contribution in [-0.2, 0) is 4.74 Å². The highest BCUT2D eigenvalue weighted by atomic mass is 16.5. The standard InChI is InChI=1S/C14H18N2O2/c1-2-17-14-9-12(10-14)16-11-3-5-13(6-4-11)18-8-7-15/h3-6,12,14,16H,2,8-10H2,1H3. The van der Waals surface area contributed by atoms with Crippen LogP contribution in [0.1, 0.15) is 19.8 Å². The van der Waals surface area contributed by atoms with Crippen molar-refractivity contribution in [1.29, 1.82) is 5.26 Å². The lowest BCUT2D eigenvalue weighted by Gasteiger charge is -2.36. The van der Waals surface area contributed by atoms with E-state index < -0.39 is 0 Å². The average molecular weight is 246 g/mol. The fourth-order valence-corrected chi connectivity index (χ4v) is 2.05. The third kappa shape index (κ3) is 3.38. The zero-order chi connectivity index (χ0) is 12.8. The van der Waals surface area contributed by atoms with Gasteiger partial charge >= 0.3 is 0 Å². The number of anilines is 1. The first-order chi connectivity index (χ1) is 8.81. The van der Waals surface area contributed by atoms with Gasteiger partial charge in [-0.25, -0.2) is 0 Å². The Morgan fingerprint density at radius 3 is 2.67 bits per heavy atom. The van der Waals surface area contributed by atoms with Crippen LogP contribution in [0.5, 0.6) is 5.75 Å². The number of nitrogens with zero attached hydrogens (tertiary/aromatic N) is 1. The van der Waals surface area contributed by atoms with E-state index in [4.69, 9.17) is 14.7 Å². The maximum atomic E-state index is 8.41. The molecule has 0 heterocycles. The lowest BCUT2D eigenvalue weighted by Crippen LogP contribution is -2.40. The maximum absolute atomic E-state index is 8.41. The van der Waals surface area contributed by atoms with Crippen LogP contribution in [0.2, 0.25) is 0 Å². The molecule has 2 rings (SSSR count). The Hall–Kier alpha value is -1.73. The Kier molecular flexibility index (Phi) is 4.43. The van der Waals surface area contributed by atoms with Gasteiger partial charge in [0.2, 0.25) is 0 Å². The number of rotatable bonds is 6. The summed E-state index contributed by atoms with van der Waals surface area (Å²) >= 11 is 0. The van der Waals surface area contributed by atoms with Gasteiger partial charge in [-0.05, 0) is 44.0 Å². The van der Waals surface area contributed by atoms with Gasteiger partial charge in [-0.3, -0.25) is 0 Å². The molecule has 1 aliphatic rings. The fraction of sp³-hybridized carbons (Fsp3) is 0.500. The topological polar surface area (TPSA) is 54.3 Å². The van der Waals surface area contributed by atoms with Crippen molar-refractivity contribution in [2.45, 2.75) is 31.9 Å².